The van der Waals surface area contributed by atoms with Crippen LogP contribution in [-0.4, -0.2) is 23.8 Å². The lowest BCUT2D eigenvalue weighted by Gasteiger charge is -2.30. The van der Waals surface area contributed by atoms with Crippen molar-refractivity contribution < 1.29 is 14.4 Å². The van der Waals surface area contributed by atoms with E-state index < -0.39 is 17.4 Å². The second-order valence-electron chi connectivity index (χ2n) is 9.01. The van der Waals surface area contributed by atoms with E-state index in [1.165, 1.54) is 4.90 Å². The highest BCUT2D eigenvalue weighted by Gasteiger charge is 2.70. The number of rotatable bonds is 2. The van der Waals surface area contributed by atoms with Gasteiger partial charge in [-0.05, 0) is 49.1 Å². The van der Waals surface area contributed by atoms with E-state index in [2.05, 4.69) is 10.6 Å². The van der Waals surface area contributed by atoms with Crippen molar-refractivity contribution >= 4 is 29.1 Å². The summed E-state index contributed by atoms with van der Waals surface area (Å²) in [6, 6.07) is 12.8. The Balaban J connectivity index is 1.68. The molecule has 0 radical (unpaired) electrons. The summed E-state index contributed by atoms with van der Waals surface area (Å²) in [6.45, 7) is 7.99. The monoisotopic (exact) mass is 403 g/mol. The fourth-order valence-corrected chi connectivity index (χ4v) is 5.38. The van der Waals surface area contributed by atoms with Crippen molar-refractivity contribution in [3.8, 4) is 0 Å². The maximum atomic E-state index is 13.8. The number of para-hydroxylation sites is 1. The molecule has 5 rings (SSSR count). The third-order valence-electron chi connectivity index (χ3n) is 7.02. The molecular formula is C24H25N3O3. The number of aryl methyl sites for hydroxylation is 2. The number of nitrogens with zero attached hydrogens (tertiary/aromatic N) is 1. The van der Waals surface area contributed by atoms with Gasteiger partial charge in [0.05, 0.1) is 17.5 Å². The highest BCUT2D eigenvalue weighted by Crippen LogP contribution is 2.54. The summed E-state index contributed by atoms with van der Waals surface area (Å²) >= 11 is 0. The van der Waals surface area contributed by atoms with Crippen LogP contribution in [0.15, 0.2) is 42.5 Å². The molecule has 0 bridgehead atoms. The number of fused-ring (bicyclic) bond motifs is 4. The van der Waals surface area contributed by atoms with Gasteiger partial charge >= 0.3 is 0 Å². The minimum atomic E-state index is -1.22. The first kappa shape index (κ1) is 19.0. The van der Waals surface area contributed by atoms with E-state index in [1.807, 2.05) is 70.2 Å². The van der Waals surface area contributed by atoms with Gasteiger partial charge in [0.1, 0.15) is 5.54 Å². The molecule has 1 spiro atoms. The van der Waals surface area contributed by atoms with Crippen molar-refractivity contribution in [1.29, 1.82) is 0 Å². The van der Waals surface area contributed by atoms with Crippen LogP contribution in [-0.2, 0) is 19.9 Å². The van der Waals surface area contributed by atoms with E-state index in [0.29, 0.717) is 11.4 Å². The zero-order chi connectivity index (χ0) is 21.4. The summed E-state index contributed by atoms with van der Waals surface area (Å²) in [7, 11) is 0. The number of hydrogen-bond acceptors (Lipinski definition) is 4. The number of carbonyl (C=O) groups is 3. The maximum absolute atomic E-state index is 13.8. The molecule has 2 aromatic rings. The van der Waals surface area contributed by atoms with E-state index in [1.54, 1.807) is 0 Å². The first-order valence-corrected chi connectivity index (χ1v) is 10.4. The maximum Gasteiger partial charge on any atom is 0.250 e. The minimum absolute atomic E-state index is 0.0777. The molecule has 0 aromatic heterocycles. The predicted molar refractivity (Wildman–Crippen MR) is 114 cm³/mol. The lowest BCUT2D eigenvalue weighted by Crippen LogP contribution is -2.54. The summed E-state index contributed by atoms with van der Waals surface area (Å²) in [4.78, 5) is 42.0. The van der Waals surface area contributed by atoms with Gasteiger partial charge in [-0.2, -0.15) is 0 Å². The van der Waals surface area contributed by atoms with Crippen molar-refractivity contribution in [1.82, 2.24) is 5.32 Å². The Morgan fingerprint density at radius 3 is 2.40 bits per heavy atom. The summed E-state index contributed by atoms with van der Waals surface area (Å²) in [5.41, 5.74) is 2.91. The number of anilines is 2. The number of carbonyl (C=O) groups excluding carboxylic acids is 3. The SMILES string of the molecule is Cc1ccc(N2C(=O)[C@@H]3[C@@H](C(C)C)N[C@@]4(C(=O)Nc5ccccc54)[C@@H]3C2=O)cc1C. The summed E-state index contributed by atoms with van der Waals surface area (Å²) in [5.74, 6) is -2.08. The van der Waals surface area contributed by atoms with Crippen LogP contribution in [0.5, 0.6) is 0 Å². The lowest BCUT2D eigenvalue weighted by molar-refractivity contribution is -0.130. The number of benzene rings is 2. The van der Waals surface area contributed by atoms with Crippen molar-refractivity contribution in [2.24, 2.45) is 17.8 Å². The molecule has 2 fully saturated rings. The van der Waals surface area contributed by atoms with Crippen molar-refractivity contribution in [3.05, 3.63) is 59.2 Å². The fraction of sp³-hybridized carbons (Fsp3) is 0.375. The quantitative estimate of drug-likeness (QED) is 0.756. The highest BCUT2D eigenvalue weighted by atomic mass is 16.2. The molecule has 2 saturated heterocycles. The molecule has 0 aliphatic carbocycles. The molecule has 3 amide bonds. The van der Waals surface area contributed by atoms with Gasteiger partial charge in [0.2, 0.25) is 17.7 Å². The van der Waals surface area contributed by atoms with Gasteiger partial charge in [0.25, 0.3) is 0 Å². The van der Waals surface area contributed by atoms with Gasteiger partial charge in [0.15, 0.2) is 0 Å². The van der Waals surface area contributed by atoms with E-state index in [9.17, 15) is 14.4 Å². The molecule has 6 heteroatoms. The summed E-state index contributed by atoms with van der Waals surface area (Å²) < 4.78 is 0. The van der Waals surface area contributed by atoms with Gasteiger partial charge in [-0.1, -0.05) is 38.1 Å². The zero-order valence-electron chi connectivity index (χ0n) is 17.5. The van der Waals surface area contributed by atoms with Crippen LogP contribution in [0.3, 0.4) is 0 Å². The van der Waals surface area contributed by atoms with Crippen LogP contribution in [0.25, 0.3) is 0 Å². The molecule has 30 heavy (non-hydrogen) atoms. The average molecular weight is 403 g/mol. The van der Waals surface area contributed by atoms with Crippen LogP contribution >= 0.6 is 0 Å². The zero-order valence-corrected chi connectivity index (χ0v) is 17.5. The van der Waals surface area contributed by atoms with E-state index in [4.69, 9.17) is 0 Å². The first-order valence-electron chi connectivity index (χ1n) is 10.4. The van der Waals surface area contributed by atoms with E-state index >= 15 is 0 Å². The van der Waals surface area contributed by atoms with Crippen LogP contribution in [0, 0.1) is 31.6 Å². The third kappa shape index (κ3) is 2.25. The molecular weight excluding hydrogens is 378 g/mol. The van der Waals surface area contributed by atoms with Crippen LogP contribution in [0.2, 0.25) is 0 Å². The number of hydrogen-bond donors (Lipinski definition) is 2. The molecule has 2 aromatic carbocycles. The Morgan fingerprint density at radius 1 is 0.967 bits per heavy atom. The normalized spacial score (nSPS) is 29.7. The predicted octanol–water partition coefficient (Wildman–Crippen LogP) is 2.88. The van der Waals surface area contributed by atoms with Gasteiger partial charge in [-0.15, -0.1) is 0 Å². The largest absolute Gasteiger partial charge is 0.324 e. The van der Waals surface area contributed by atoms with Gasteiger partial charge in [-0.3, -0.25) is 19.7 Å². The average Bonchev–Trinajstić information content (AvgIpc) is 3.30. The smallest absolute Gasteiger partial charge is 0.250 e. The summed E-state index contributed by atoms with van der Waals surface area (Å²) in [5, 5.41) is 6.37. The molecule has 3 aliphatic rings. The highest BCUT2D eigenvalue weighted by molar-refractivity contribution is 6.25. The second kappa shape index (κ2) is 6.25. The molecule has 0 saturated carbocycles. The Hall–Kier alpha value is -2.99. The molecule has 2 N–H and O–H groups in total. The number of amides is 3. The first-order chi connectivity index (χ1) is 14.3. The Kier molecular flexibility index (Phi) is 3.96. The van der Waals surface area contributed by atoms with Gasteiger partial charge in [0, 0.05) is 17.3 Å². The van der Waals surface area contributed by atoms with Crippen molar-refractivity contribution in [2.75, 3.05) is 10.2 Å². The van der Waals surface area contributed by atoms with Crippen LogP contribution in [0.1, 0.15) is 30.5 Å². The minimum Gasteiger partial charge on any atom is -0.324 e. The lowest BCUT2D eigenvalue weighted by atomic mass is 9.76. The number of imide groups is 1. The third-order valence-corrected chi connectivity index (χ3v) is 7.02. The number of nitrogens with one attached hydrogen (secondary N) is 2. The molecule has 4 atom stereocenters. The topological polar surface area (TPSA) is 78.5 Å². The van der Waals surface area contributed by atoms with Crippen LogP contribution < -0.4 is 15.5 Å². The Labute approximate surface area is 175 Å². The standard InChI is InChI=1S/C24H25N3O3/c1-12(2)20-18-19(24(26-20)16-7-5-6-8-17(16)25-23(24)30)22(29)27(21(18)28)15-10-9-13(3)14(4)11-15/h5-12,18-20,26H,1-4H3,(H,25,30)/t18-,19-,20+,24+/m0/s1. The molecule has 0 unspecified atom stereocenters. The van der Waals surface area contributed by atoms with Gasteiger partial charge in [-0.25, -0.2) is 4.90 Å². The van der Waals surface area contributed by atoms with E-state index in [-0.39, 0.29) is 29.7 Å². The molecule has 3 aliphatic heterocycles. The molecule has 6 nitrogen and oxygen atoms in total. The van der Waals surface area contributed by atoms with E-state index in [0.717, 1.165) is 16.7 Å². The van der Waals surface area contributed by atoms with Gasteiger partial charge < -0.3 is 5.32 Å². The fourth-order valence-electron chi connectivity index (χ4n) is 5.38. The van der Waals surface area contributed by atoms with Crippen molar-refractivity contribution in [2.45, 2.75) is 39.3 Å². The molecule has 154 valence electrons. The van der Waals surface area contributed by atoms with Crippen LogP contribution in [0.4, 0.5) is 11.4 Å². The molecule has 3 heterocycles. The second-order valence-corrected chi connectivity index (χ2v) is 9.01. The summed E-state index contributed by atoms with van der Waals surface area (Å²) in [6.07, 6.45) is 0. The Morgan fingerprint density at radius 2 is 1.70 bits per heavy atom. The Bertz CT molecular complexity index is 1110. The van der Waals surface area contributed by atoms with Crippen molar-refractivity contribution in [3.63, 3.8) is 0 Å².